The lowest BCUT2D eigenvalue weighted by atomic mass is 9.98. The van der Waals surface area contributed by atoms with Crippen molar-refractivity contribution in [1.29, 1.82) is 0 Å². The van der Waals surface area contributed by atoms with Crippen molar-refractivity contribution in [3.63, 3.8) is 0 Å². The molecule has 3 rings (SSSR count). The van der Waals surface area contributed by atoms with Crippen LogP contribution >= 0.6 is 11.6 Å². The van der Waals surface area contributed by atoms with Crippen molar-refractivity contribution in [1.82, 2.24) is 4.31 Å². The van der Waals surface area contributed by atoms with Gasteiger partial charge < -0.3 is 10.2 Å². The topological polar surface area (TPSA) is 94.9 Å². The molecule has 1 aromatic carbocycles. The lowest BCUT2D eigenvalue weighted by Crippen LogP contribution is -2.48. The van der Waals surface area contributed by atoms with E-state index in [1.54, 1.807) is 0 Å². The van der Waals surface area contributed by atoms with Crippen LogP contribution in [0.3, 0.4) is 0 Å². The Morgan fingerprint density at radius 1 is 1.26 bits per heavy atom. The van der Waals surface area contributed by atoms with Gasteiger partial charge in [0.15, 0.2) is 0 Å². The molecular weight excluding hydrogens is 342 g/mol. The highest BCUT2D eigenvalue weighted by Crippen LogP contribution is 2.41. The van der Waals surface area contributed by atoms with Crippen LogP contribution in [-0.2, 0) is 10.0 Å². The predicted molar refractivity (Wildman–Crippen MR) is 84.1 cm³/mol. The van der Waals surface area contributed by atoms with E-state index in [0.29, 0.717) is 12.8 Å². The number of aromatic carboxylic acids is 1. The number of aliphatic hydroxyl groups excluding tert-OH is 1. The van der Waals surface area contributed by atoms with Crippen LogP contribution in [0.4, 0.5) is 0 Å². The first-order valence-electron chi connectivity index (χ1n) is 7.53. The van der Waals surface area contributed by atoms with Crippen molar-refractivity contribution in [3.8, 4) is 0 Å². The molecule has 1 saturated carbocycles. The zero-order valence-corrected chi connectivity index (χ0v) is 13.9. The van der Waals surface area contributed by atoms with Crippen LogP contribution in [0.15, 0.2) is 23.1 Å². The number of sulfonamides is 1. The third-order valence-electron chi connectivity index (χ3n) is 4.51. The van der Waals surface area contributed by atoms with Crippen molar-refractivity contribution in [2.75, 3.05) is 6.54 Å². The molecule has 126 valence electrons. The van der Waals surface area contributed by atoms with Gasteiger partial charge in [0, 0.05) is 12.6 Å². The number of piperidine rings is 1. The lowest BCUT2D eigenvalue weighted by Gasteiger charge is -2.37. The molecule has 0 unspecified atom stereocenters. The summed E-state index contributed by atoms with van der Waals surface area (Å²) in [5.41, 5.74) is -0.229. The molecule has 0 radical (unpaired) electrons. The summed E-state index contributed by atoms with van der Waals surface area (Å²) in [5, 5.41) is 19.0. The van der Waals surface area contributed by atoms with E-state index in [1.807, 2.05) is 0 Å². The summed E-state index contributed by atoms with van der Waals surface area (Å²) in [6.45, 7) is 0.246. The largest absolute Gasteiger partial charge is 0.478 e. The molecule has 23 heavy (non-hydrogen) atoms. The predicted octanol–water partition coefficient (Wildman–Crippen LogP) is 1.96. The normalized spacial score (nSPS) is 26.2. The Morgan fingerprint density at radius 3 is 2.57 bits per heavy atom. The Morgan fingerprint density at radius 2 is 1.96 bits per heavy atom. The van der Waals surface area contributed by atoms with Crippen LogP contribution in [0.2, 0.25) is 5.02 Å². The number of aliphatic hydroxyl groups is 1. The number of carbonyl (C=O) groups is 1. The van der Waals surface area contributed by atoms with Crippen LogP contribution < -0.4 is 0 Å². The molecule has 0 aromatic heterocycles. The minimum atomic E-state index is -3.81. The summed E-state index contributed by atoms with van der Waals surface area (Å²) in [6, 6.07) is 3.52. The molecule has 2 atom stereocenters. The van der Waals surface area contributed by atoms with Gasteiger partial charge >= 0.3 is 5.97 Å². The minimum Gasteiger partial charge on any atom is -0.478 e. The van der Waals surface area contributed by atoms with Crippen molar-refractivity contribution in [2.24, 2.45) is 5.92 Å². The summed E-state index contributed by atoms with van der Waals surface area (Å²) in [5.74, 6) is -0.981. The molecule has 6 nitrogen and oxygen atoms in total. The van der Waals surface area contributed by atoms with E-state index in [1.165, 1.54) is 16.4 Å². The van der Waals surface area contributed by atoms with E-state index >= 15 is 0 Å². The zero-order valence-electron chi connectivity index (χ0n) is 12.4. The number of carboxylic acids is 1. The Kier molecular flexibility index (Phi) is 4.39. The fourth-order valence-electron chi connectivity index (χ4n) is 3.13. The number of rotatable bonds is 4. The molecule has 1 heterocycles. The highest BCUT2D eigenvalue weighted by Gasteiger charge is 2.44. The SMILES string of the molecule is O=C(O)c1cc(S(=O)(=O)N2CC[C@@H](O)C[C@@H]2C2CC2)ccc1Cl. The maximum absolute atomic E-state index is 12.9. The lowest BCUT2D eigenvalue weighted by molar-refractivity contribution is 0.0696. The Balaban J connectivity index is 1.97. The molecule has 1 saturated heterocycles. The van der Waals surface area contributed by atoms with E-state index in [0.717, 1.165) is 18.9 Å². The summed E-state index contributed by atoms with van der Waals surface area (Å²) in [4.78, 5) is 11.1. The summed E-state index contributed by atoms with van der Waals surface area (Å²) >= 11 is 5.81. The molecule has 1 aromatic rings. The second kappa shape index (κ2) is 6.05. The van der Waals surface area contributed by atoms with Crippen LogP contribution in [0.25, 0.3) is 0 Å². The highest BCUT2D eigenvalue weighted by molar-refractivity contribution is 7.89. The fourth-order valence-corrected chi connectivity index (χ4v) is 5.06. The molecule has 1 aliphatic heterocycles. The minimum absolute atomic E-state index is 0.00394. The Labute approximate surface area is 139 Å². The van der Waals surface area contributed by atoms with Crippen LogP contribution in [-0.4, -0.2) is 47.6 Å². The smallest absolute Gasteiger partial charge is 0.337 e. The molecule has 0 spiro atoms. The van der Waals surface area contributed by atoms with Crippen LogP contribution in [0.1, 0.15) is 36.0 Å². The van der Waals surface area contributed by atoms with Crippen molar-refractivity contribution in [3.05, 3.63) is 28.8 Å². The number of halogens is 1. The van der Waals surface area contributed by atoms with Gasteiger partial charge in [-0.05, 0) is 49.8 Å². The second-order valence-electron chi connectivity index (χ2n) is 6.15. The molecule has 2 N–H and O–H groups in total. The monoisotopic (exact) mass is 359 g/mol. The van der Waals surface area contributed by atoms with E-state index in [-0.39, 0.29) is 34.0 Å². The van der Waals surface area contributed by atoms with E-state index in [2.05, 4.69) is 0 Å². The van der Waals surface area contributed by atoms with Crippen molar-refractivity contribution < 1.29 is 23.4 Å². The zero-order chi connectivity index (χ0) is 16.8. The number of benzene rings is 1. The van der Waals surface area contributed by atoms with Gasteiger partial charge in [-0.1, -0.05) is 11.6 Å². The van der Waals surface area contributed by atoms with Gasteiger partial charge in [-0.3, -0.25) is 0 Å². The molecule has 8 heteroatoms. The van der Waals surface area contributed by atoms with E-state index in [9.17, 15) is 18.3 Å². The highest BCUT2D eigenvalue weighted by atomic mass is 35.5. The molecule has 1 aliphatic carbocycles. The number of hydrogen-bond acceptors (Lipinski definition) is 4. The summed E-state index contributed by atoms with van der Waals surface area (Å²) in [7, 11) is -3.81. The third kappa shape index (κ3) is 3.24. The van der Waals surface area contributed by atoms with Gasteiger partial charge in [-0.15, -0.1) is 0 Å². The van der Waals surface area contributed by atoms with Crippen molar-refractivity contribution >= 4 is 27.6 Å². The van der Waals surface area contributed by atoms with Crippen LogP contribution in [0, 0.1) is 5.92 Å². The van der Waals surface area contributed by atoms with E-state index in [4.69, 9.17) is 16.7 Å². The van der Waals surface area contributed by atoms with Gasteiger partial charge in [-0.2, -0.15) is 4.31 Å². The van der Waals surface area contributed by atoms with Crippen LogP contribution in [0.5, 0.6) is 0 Å². The maximum Gasteiger partial charge on any atom is 0.337 e. The standard InChI is InChI=1S/C15H18ClNO5S/c16-13-4-3-11(8-12(13)15(19)20)23(21,22)17-6-5-10(18)7-14(17)9-1-2-9/h3-4,8-10,14,18H,1-2,5-7H2,(H,19,20)/t10-,14-/m1/s1. The van der Waals surface area contributed by atoms with Gasteiger partial charge in [0.1, 0.15) is 0 Å². The second-order valence-corrected chi connectivity index (χ2v) is 8.44. The Bertz CT molecular complexity index is 731. The first-order valence-corrected chi connectivity index (χ1v) is 9.35. The quantitative estimate of drug-likeness (QED) is 0.856. The van der Waals surface area contributed by atoms with E-state index < -0.39 is 22.1 Å². The first-order chi connectivity index (χ1) is 10.8. The average Bonchev–Trinajstić information content (AvgIpc) is 3.31. The Hall–Kier alpha value is -1.15. The molecule has 2 fully saturated rings. The average molecular weight is 360 g/mol. The summed E-state index contributed by atoms with van der Waals surface area (Å²) < 4.78 is 27.3. The maximum atomic E-state index is 12.9. The molecule has 0 bridgehead atoms. The number of carboxylic acid groups (broad SMARTS) is 1. The fraction of sp³-hybridized carbons (Fsp3) is 0.533. The van der Waals surface area contributed by atoms with Crippen molar-refractivity contribution in [2.45, 2.75) is 42.7 Å². The first kappa shape index (κ1) is 16.7. The van der Waals surface area contributed by atoms with Gasteiger partial charge in [0.2, 0.25) is 10.0 Å². The van der Waals surface area contributed by atoms with Gasteiger partial charge in [0.05, 0.1) is 21.6 Å². The third-order valence-corrected chi connectivity index (χ3v) is 6.76. The number of hydrogen-bond donors (Lipinski definition) is 2. The molecule has 0 amide bonds. The molecule has 2 aliphatic rings. The summed E-state index contributed by atoms with van der Waals surface area (Å²) in [6.07, 6.45) is 2.27. The van der Waals surface area contributed by atoms with Gasteiger partial charge in [0.25, 0.3) is 0 Å². The molecular formula is C15H18ClNO5S. The van der Waals surface area contributed by atoms with Gasteiger partial charge in [-0.25, -0.2) is 13.2 Å². The number of nitrogens with zero attached hydrogens (tertiary/aromatic N) is 1.